The number of aryl methyl sites for hydroxylation is 1. The summed E-state index contributed by atoms with van der Waals surface area (Å²) in [5.74, 6) is 3.18. The molecule has 1 unspecified atom stereocenters. The summed E-state index contributed by atoms with van der Waals surface area (Å²) in [6.45, 7) is 1.94. The Bertz CT molecular complexity index is 457. The summed E-state index contributed by atoms with van der Waals surface area (Å²) in [6.07, 6.45) is 1.15. The maximum atomic E-state index is 8.84. The van der Waals surface area contributed by atoms with Gasteiger partial charge in [-0.15, -0.1) is 0 Å². The molecule has 0 aromatic carbocycles. The summed E-state index contributed by atoms with van der Waals surface area (Å²) in [5, 5.41) is 11.9. The van der Waals surface area contributed by atoms with Gasteiger partial charge in [0.05, 0.1) is 5.56 Å². The van der Waals surface area contributed by atoms with Crippen molar-refractivity contribution in [3.8, 4) is 0 Å². The van der Waals surface area contributed by atoms with Crippen molar-refractivity contribution in [3.05, 3.63) is 23.4 Å². The molecule has 1 fully saturated rings. The van der Waals surface area contributed by atoms with Gasteiger partial charge in [-0.05, 0) is 31.2 Å². The maximum absolute atomic E-state index is 8.84. The second-order valence-electron chi connectivity index (χ2n) is 4.44. The zero-order valence-electron chi connectivity index (χ0n) is 10.6. The van der Waals surface area contributed by atoms with E-state index in [2.05, 4.69) is 15.0 Å². The third-order valence-corrected chi connectivity index (χ3v) is 4.33. The first-order chi connectivity index (χ1) is 8.63. The van der Waals surface area contributed by atoms with Crippen molar-refractivity contribution in [2.75, 3.05) is 23.5 Å². The van der Waals surface area contributed by atoms with Crippen molar-refractivity contribution >= 4 is 23.4 Å². The zero-order chi connectivity index (χ0) is 13.1. The molecule has 0 amide bonds. The highest BCUT2D eigenvalue weighted by Crippen LogP contribution is 2.27. The fourth-order valence-corrected chi connectivity index (χ4v) is 3.33. The monoisotopic (exact) mass is 266 g/mol. The molecule has 18 heavy (non-hydrogen) atoms. The van der Waals surface area contributed by atoms with Gasteiger partial charge in [-0.25, -0.2) is 4.98 Å². The number of hydrogen-bond donors (Lipinski definition) is 2. The Balaban J connectivity index is 2.37. The average molecular weight is 266 g/mol. The van der Waals surface area contributed by atoms with Crippen LogP contribution in [0.4, 0.5) is 5.82 Å². The molecule has 98 valence electrons. The molecule has 2 heterocycles. The molecule has 2 rings (SSSR count). The van der Waals surface area contributed by atoms with E-state index in [0.717, 1.165) is 23.7 Å². The van der Waals surface area contributed by atoms with Gasteiger partial charge >= 0.3 is 0 Å². The third-order valence-electron chi connectivity index (χ3n) is 3.19. The normalized spacial score (nSPS) is 20.1. The zero-order valence-corrected chi connectivity index (χ0v) is 11.4. The van der Waals surface area contributed by atoms with Gasteiger partial charge in [0, 0.05) is 24.5 Å². The highest BCUT2D eigenvalue weighted by atomic mass is 32.2. The van der Waals surface area contributed by atoms with Crippen LogP contribution in [0.2, 0.25) is 0 Å². The molecule has 1 aromatic heterocycles. The SMILES string of the molecule is Cc1ccc(C(N)=NO)c(N(C)C2CCSC2)n1. The number of anilines is 1. The lowest BCUT2D eigenvalue weighted by atomic mass is 10.1. The molecule has 3 N–H and O–H groups in total. The van der Waals surface area contributed by atoms with Crippen LogP contribution >= 0.6 is 11.8 Å². The van der Waals surface area contributed by atoms with Gasteiger partial charge in [-0.1, -0.05) is 5.16 Å². The smallest absolute Gasteiger partial charge is 0.173 e. The predicted molar refractivity (Wildman–Crippen MR) is 75.6 cm³/mol. The Morgan fingerprint density at radius 2 is 2.39 bits per heavy atom. The number of rotatable bonds is 3. The van der Waals surface area contributed by atoms with Crippen LogP contribution < -0.4 is 10.6 Å². The fourth-order valence-electron chi connectivity index (χ4n) is 2.07. The van der Waals surface area contributed by atoms with Gasteiger partial charge in [-0.2, -0.15) is 11.8 Å². The standard InChI is InChI=1S/C12H18N4OS/c1-8-3-4-10(11(13)15-17)12(14-8)16(2)9-5-6-18-7-9/h3-4,9,17H,5-7H2,1-2H3,(H2,13,15). The number of thioether (sulfide) groups is 1. The molecule has 1 aliphatic heterocycles. The maximum Gasteiger partial charge on any atom is 0.173 e. The number of nitrogens with two attached hydrogens (primary N) is 1. The molecule has 5 nitrogen and oxygen atoms in total. The van der Waals surface area contributed by atoms with E-state index in [1.54, 1.807) is 0 Å². The summed E-state index contributed by atoms with van der Waals surface area (Å²) >= 11 is 1.95. The summed E-state index contributed by atoms with van der Waals surface area (Å²) in [4.78, 5) is 6.67. The van der Waals surface area contributed by atoms with Gasteiger partial charge in [0.2, 0.25) is 0 Å². The Morgan fingerprint density at radius 1 is 1.61 bits per heavy atom. The first-order valence-corrected chi connectivity index (χ1v) is 7.05. The number of hydrogen-bond acceptors (Lipinski definition) is 5. The molecule has 6 heteroatoms. The van der Waals surface area contributed by atoms with Gasteiger partial charge in [-0.3, -0.25) is 0 Å². The Hall–Kier alpha value is -1.43. The quantitative estimate of drug-likeness (QED) is 0.375. The molecular weight excluding hydrogens is 248 g/mol. The second kappa shape index (κ2) is 5.48. The number of aromatic nitrogens is 1. The van der Waals surface area contributed by atoms with Crippen molar-refractivity contribution in [1.82, 2.24) is 4.98 Å². The van der Waals surface area contributed by atoms with Crippen LogP contribution in [0, 0.1) is 6.92 Å². The van der Waals surface area contributed by atoms with Crippen LogP contribution in [-0.4, -0.2) is 40.6 Å². The van der Waals surface area contributed by atoms with E-state index in [9.17, 15) is 0 Å². The van der Waals surface area contributed by atoms with Gasteiger partial charge in [0.15, 0.2) is 5.84 Å². The number of oxime groups is 1. The lowest BCUT2D eigenvalue weighted by molar-refractivity contribution is 0.318. The van der Waals surface area contributed by atoms with Crippen LogP contribution in [0.3, 0.4) is 0 Å². The van der Waals surface area contributed by atoms with E-state index in [1.807, 2.05) is 37.9 Å². The summed E-state index contributed by atoms with van der Waals surface area (Å²) in [7, 11) is 2.02. The molecule has 1 aromatic rings. The molecule has 1 saturated heterocycles. The molecule has 0 bridgehead atoms. The molecule has 1 atom stereocenters. The fraction of sp³-hybridized carbons (Fsp3) is 0.500. The van der Waals surface area contributed by atoms with Crippen molar-refractivity contribution in [1.29, 1.82) is 0 Å². The van der Waals surface area contributed by atoms with Gasteiger partial charge < -0.3 is 15.8 Å². The van der Waals surface area contributed by atoms with Crippen LogP contribution in [0.1, 0.15) is 17.7 Å². The first kappa shape index (κ1) is 13.0. The third kappa shape index (κ3) is 2.53. The Labute approximate surface area is 111 Å². The van der Waals surface area contributed by atoms with Crippen molar-refractivity contribution in [2.24, 2.45) is 10.9 Å². The summed E-state index contributed by atoms with van der Waals surface area (Å²) in [6, 6.07) is 4.19. The van der Waals surface area contributed by atoms with E-state index in [0.29, 0.717) is 11.6 Å². The highest BCUT2D eigenvalue weighted by Gasteiger charge is 2.24. The second-order valence-corrected chi connectivity index (χ2v) is 5.59. The lowest BCUT2D eigenvalue weighted by Crippen LogP contribution is -2.34. The summed E-state index contributed by atoms with van der Waals surface area (Å²) in [5.41, 5.74) is 7.32. The van der Waals surface area contributed by atoms with Crippen molar-refractivity contribution < 1.29 is 5.21 Å². The minimum absolute atomic E-state index is 0.106. The predicted octanol–water partition coefficient (Wildman–Crippen LogP) is 1.43. The van der Waals surface area contributed by atoms with Crippen molar-refractivity contribution in [3.63, 3.8) is 0 Å². The highest BCUT2D eigenvalue weighted by molar-refractivity contribution is 7.99. The van der Waals surface area contributed by atoms with E-state index in [-0.39, 0.29) is 5.84 Å². The van der Waals surface area contributed by atoms with Gasteiger partial charge in [0.1, 0.15) is 5.82 Å². The van der Waals surface area contributed by atoms with Crippen LogP contribution in [0.5, 0.6) is 0 Å². The minimum Gasteiger partial charge on any atom is -0.409 e. The van der Waals surface area contributed by atoms with Crippen LogP contribution in [0.15, 0.2) is 17.3 Å². The molecule has 0 radical (unpaired) electrons. The number of nitrogens with zero attached hydrogens (tertiary/aromatic N) is 3. The molecular formula is C12H18N4OS. The van der Waals surface area contributed by atoms with Gasteiger partial charge in [0.25, 0.3) is 0 Å². The first-order valence-electron chi connectivity index (χ1n) is 5.89. The van der Waals surface area contributed by atoms with Crippen molar-refractivity contribution in [2.45, 2.75) is 19.4 Å². The Morgan fingerprint density at radius 3 is 3.00 bits per heavy atom. The van der Waals surface area contributed by atoms with E-state index in [4.69, 9.17) is 10.9 Å². The number of pyridine rings is 1. The van der Waals surface area contributed by atoms with Crippen LogP contribution in [0.25, 0.3) is 0 Å². The van der Waals surface area contributed by atoms with E-state index in [1.165, 1.54) is 5.75 Å². The topological polar surface area (TPSA) is 74.7 Å². The largest absolute Gasteiger partial charge is 0.409 e. The molecule has 0 aliphatic carbocycles. The average Bonchev–Trinajstić information content (AvgIpc) is 2.90. The minimum atomic E-state index is 0.106. The molecule has 0 saturated carbocycles. The van der Waals surface area contributed by atoms with Crippen LogP contribution in [-0.2, 0) is 0 Å². The molecule has 0 spiro atoms. The Kier molecular flexibility index (Phi) is 3.96. The number of amidine groups is 1. The van der Waals surface area contributed by atoms with E-state index < -0.39 is 0 Å². The summed E-state index contributed by atoms with van der Waals surface area (Å²) < 4.78 is 0. The lowest BCUT2D eigenvalue weighted by Gasteiger charge is -2.27. The molecule has 1 aliphatic rings. The van der Waals surface area contributed by atoms with E-state index >= 15 is 0 Å².